The number of halogens is 1. The number of rotatable bonds is 6. The standard InChI is InChI=1S/C27H25BrN2O2/c1-17-5-9-25(20(4)11-17)30-27(31)23(15-29)13-22-14-24(28)8-10-26(22)32-16-21-7-6-18(2)19(3)12-21/h5-14H,16H2,1-4H3,(H,30,31)/b23-13+. The van der Waals surface area contributed by atoms with Crippen molar-refractivity contribution in [1.29, 1.82) is 5.26 Å². The van der Waals surface area contributed by atoms with Crippen LogP contribution in [-0.4, -0.2) is 5.91 Å². The van der Waals surface area contributed by atoms with Crippen molar-refractivity contribution in [3.8, 4) is 11.8 Å². The highest BCUT2D eigenvalue weighted by Crippen LogP contribution is 2.27. The molecule has 32 heavy (non-hydrogen) atoms. The lowest BCUT2D eigenvalue weighted by Crippen LogP contribution is -2.14. The van der Waals surface area contributed by atoms with E-state index in [0.717, 1.165) is 21.2 Å². The lowest BCUT2D eigenvalue weighted by Gasteiger charge is -2.12. The second-order valence-corrected chi connectivity index (χ2v) is 8.75. The summed E-state index contributed by atoms with van der Waals surface area (Å²) in [6.07, 6.45) is 1.55. The number of amides is 1. The van der Waals surface area contributed by atoms with Gasteiger partial charge in [-0.15, -0.1) is 0 Å². The number of nitrogens with one attached hydrogen (secondary N) is 1. The van der Waals surface area contributed by atoms with E-state index in [1.807, 2.05) is 62.4 Å². The molecule has 5 heteroatoms. The Bertz CT molecular complexity index is 1240. The first-order valence-electron chi connectivity index (χ1n) is 10.3. The highest BCUT2D eigenvalue weighted by molar-refractivity contribution is 9.10. The van der Waals surface area contributed by atoms with Crippen molar-refractivity contribution < 1.29 is 9.53 Å². The summed E-state index contributed by atoms with van der Waals surface area (Å²) in [5, 5.41) is 12.5. The van der Waals surface area contributed by atoms with Crippen LogP contribution in [0.5, 0.6) is 5.75 Å². The molecule has 3 aromatic rings. The minimum absolute atomic E-state index is 0.000828. The van der Waals surface area contributed by atoms with Crippen molar-refractivity contribution in [2.45, 2.75) is 34.3 Å². The number of benzene rings is 3. The summed E-state index contributed by atoms with van der Waals surface area (Å²) in [5.74, 6) is 0.137. The van der Waals surface area contributed by atoms with Crippen LogP contribution in [-0.2, 0) is 11.4 Å². The van der Waals surface area contributed by atoms with Gasteiger partial charge < -0.3 is 10.1 Å². The largest absolute Gasteiger partial charge is 0.488 e. The van der Waals surface area contributed by atoms with Crippen LogP contribution in [0.25, 0.3) is 6.08 Å². The molecule has 0 saturated carbocycles. The molecule has 1 N–H and O–H groups in total. The van der Waals surface area contributed by atoms with Crippen LogP contribution in [0.1, 0.15) is 33.4 Å². The Balaban J connectivity index is 1.84. The first-order chi connectivity index (χ1) is 15.3. The molecule has 0 aliphatic carbocycles. The summed E-state index contributed by atoms with van der Waals surface area (Å²) < 4.78 is 6.87. The van der Waals surface area contributed by atoms with Gasteiger partial charge in [-0.3, -0.25) is 4.79 Å². The van der Waals surface area contributed by atoms with E-state index in [9.17, 15) is 10.1 Å². The molecule has 1 amide bonds. The van der Waals surface area contributed by atoms with Gasteiger partial charge >= 0.3 is 0 Å². The summed E-state index contributed by atoms with van der Waals surface area (Å²) in [6, 6.07) is 19.5. The Labute approximate surface area is 197 Å². The number of anilines is 1. The van der Waals surface area contributed by atoms with Crippen LogP contribution in [0.4, 0.5) is 5.69 Å². The minimum Gasteiger partial charge on any atom is -0.488 e. The fraction of sp³-hybridized carbons (Fsp3) is 0.185. The number of ether oxygens (including phenoxy) is 1. The molecule has 0 aromatic heterocycles. The zero-order chi connectivity index (χ0) is 23.3. The Morgan fingerprint density at radius 3 is 2.47 bits per heavy atom. The predicted octanol–water partition coefficient (Wildman–Crippen LogP) is 6.81. The Morgan fingerprint density at radius 1 is 1.00 bits per heavy atom. The van der Waals surface area contributed by atoms with E-state index in [-0.39, 0.29) is 5.57 Å². The molecule has 0 aliphatic heterocycles. The summed E-state index contributed by atoms with van der Waals surface area (Å²) in [7, 11) is 0. The van der Waals surface area contributed by atoms with Gasteiger partial charge in [0.1, 0.15) is 24.0 Å². The first kappa shape index (κ1) is 23.3. The molecular weight excluding hydrogens is 464 g/mol. The van der Waals surface area contributed by atoms with Crippen molar-refractivity contribution in [2.24, 2.45) is 0 Å². The molecule has 3 rings (SSSR count). The molecule has 3 aromatic carbocycles. The molecule has 0 bridgehead atoms. The van der Waals surface area contributed by atoms with Crippen molar-refractivity contribution in [3.05, 3.63) is 98.0 Å². The highest BCUT2D eigenvalue weighted by Gasteiger charge is 2.13. The summed E-state index contributed by atoms with van der Waals surface area (Å²) in [5.41, 5.74) is 6.87. The zero-order valence-corrected chi connectivity index (χ0v) is 20.2. The third-order valence-electron chi connectivity index (χ3n) is 5.23. The molecule has 0 spiro atoms. The highest BCUT2D eigenvalue weighted by atomic mass is 79.9. The van der Waals surface area contributed by atoms with E-state index in [1.54, 1.807) is 6.08 Å². The van der Waals surface area contributed by atoms with E-state index >= 15 is 0 Å². The maximum absolute atomic E-state index is 12.8. The summed E-state index contributed by atoms with van der Waals surface area (Å²) in [6.45, 7) is 8.45. The third-order valence-corrected chi connectivity index (χ3v) is 5.73. The fourth-order valence-electron chi connectivity index (χ4n) is 3.27. The smallest absolute Gasteiger partial charge is 0.266 e. The number of carbonyl (C=O) groups is 1. The minimum atomic E-state index is -0.459. The molecule has 0 saturated heterocycles. The van der Waals surface area contributed by atoms with Gasteiger partial charge in [-0.25, -0.2) is 0 Å². The molecule has 162 valence electrons. The molecule has 0 atom stereocenters. The average molecular weight is 489 g/mol. The number of hydrogen-bond acceptors (Lipinski definition) is 3. The van der Waals surface area contributed by atoms with Gasteiger partial charge in [0, 0.05) is 15.7 Å². The van der Waals surface area contributed by atoms with Gasteiger partial charge in [0.15, 0.2) is 0 Å². The second-order valence-electron chi connectivity index (χ2n) is 7.83. The van der Waals surface area contributed by atoms with E-state index in [0.29, 0.717) is 23.6 Å². The number of nitrogens with zero attached hydrogens (tertiary/aromatic N) is 1. The normalized spacial score (nSPS) is 11.1. The first-order valence-corrected chi connectivity index (χ1v) is 11.0. The Morgan fingerprint density at radius 2 is 1.78 bits per heavy atom. The SMILES string of the molecule is Cc1ccc(NC(=O)/C(C#N)=C/c2cc(Br)ccc2OCc2ccc(C)c(C)c2)c(C)c1. The van der Waals surface area contributed by atoms with Gasteiger partial charge in [0.05, 0.1) is 0 Å². The molecule has 0 radical (unpaired) electrons. The van der Waals surface area contributed by atoms with Crippen molar-refractivity contribution in [3.63, 3.8) is 0 Å². The van der Waals surface area contributed by atoms with Gasteiger partial charge in [-0.2, -0.15) is 5.26 Å². The van der Waals surface area contributed by atoms with E-state index in [1.165, 1.54) is 11.1 Å². The van der Waals surface area contributed by atoms with Crippen LogP contribution < -0.4 is 10.1 Å². The predicted molar refractivity (Wildman–Crippen MR) is 133 cm³/mol. The maximum Gasteiger partial charge on any atom is 0.266 e. The molecular formula is C27H25BrN2O2. The van der Waals surface area contributed by atoms with Crippen molar-refractivity contribution in [2.75, 3.05) is 5.32 Å². The average Bonchev–Trinajstić information content (AvgIpc) is 2.75. The van der Waals surface area contributed by atoms with Crippen molar-refractivity contribution >= 4 is 33.6 Å². The number of hydrogen-bond donors (Lipinski definition) is 1. The van der Waals surface area contributed by atoms with Crippen LogP contribution in [0, 0.1) is 39.0 Å². The van der Waals surface area contributed by atoms with Gasteiger partial charge in [-0.05, 0) is 80.3 Å². The van der Waals surface area contributed by atoms with Crippen LogP contribution >= 0.6 is 15.9 Å². The second kappa shape index (κ2) is 10.3. The van der Waals surface area contributed by atoms with E-state index in [4.69, 9.17) is 4.74 Å². The molecule has 4 nitrogen and oxygen atoms in total. The van der Waals surface area contributed by atoms with Gasteiger partial charge in [0.2, 0.25) is 0 Å². The van der Waals surface area contributed by atoms with Crippen LogP contribution in [0.15, 0.2) is 64.6 Å². The Hall–Kier alpha value is -3.36. The zero-order valence-electron chi connectivity index (χ0n) is 18.6. The maximum atomic E-state index is 12.8. The van der Waals surface area contributed by atoms with Gasteiger partial charge in [0.25, 0.3) is 5.91 Å². The molecule has 0 fully saturated rings. The molecule has 0 aliphatic rings. The number of aryl methyl sites for hydroxylation is 4. The van der Waals surface area contributed by atoms with Crippen LogP contribution in [0.2, 0.25) is 0 Å². The quantitative estimate of drug-likeness (QED) is 0.306. The lowest BCUT2D eigenvalue weighted by atomic mass is 10.1. The topological polar surface area (TPSA) is 62.1 Å². The monoisotopic (exact) mass is 488 g/mol. The number of carbonyl (C=O) groups excluding carboxylic acids is 1. The lowest BCUT2D eigenvalue weighted by molar-refractivity contribution is -0.112. The van der Waals surface area contributed by atoms with E-state index < -0.39 is 5.91 Å². The van der Waals surface area contributed by atoms with Crippen LogP contribution in [0.3, 0.4) is 0 Å². The van der Waals surface area contributed by atoms with Crippen molar-refractivity contribution in [1.82, 2.24) is 0 Å². The number of nitriles is 1. The summed E-state index contributed by atoms with van der Waals surface area (Å²) >= 11 is 3.46. The van der Waals surface area contributed by atoms with E-state index in [2.05, 4.69) is 47.2 Å². The molecule has 0 unspecified atom stereocenters. The Kier molecular flexibility index (Phi) is 7.50. The fourth-order valence-corrected chi connectivity index (χ4v) is 3.64. The summed E-state index contributed by atoms with van der Waals surface area (Å²) in [4.78, 5) is 12.8. The third kappa shape index (κ3) is 5.87. The molecule has 0 heterocycles. The van der Waals surface area contributed by atoms with Gasteiger partial charge in [-0.1, -0.05) is 51.8 Å².